The quantitative estimate of drug-likeness (QED) is 0.800. The van der Waals surface area contributed by atoms with E-state index in [0.717, 1.165) is 16.2 Å². The molecule has 4 nitrogen and oxygen atoms in total. The Morgan fingerprint density at radius 3 is 2.21 bits per heavy atom. The van der Waals surface area contributed by atoms with Gasteiger partial charge >= 0.3 is 0 Å². The maximum atomic E-state index is 11.0. The Balaban J connectivity index is 3.33. The minimum Gasteiger partial charge on any atom is -0.386 e. The first kappa shape index (κ1) is 11.6. The largest absolute Gasteiger partial charge is 0.386 e. The predicted octanol–water partition coefficient (Wildman–Crippen LogP) is 0.931. The van der Waals surface area contributed by atoms with Crippen LogP contribution in [0.5, 0.6) is 0 Å². The molecule has 0 aliphatic heterocycles. The van der Waals surface area contributed by atoms with Crippen LogP contribution >= 0.6 is 11.3 Å². The van der Waals surface area contributed by atoms with Crippen LogP contribution in [-0.2, 0) is 15.6 Å². The molecule has 0 atom stereocenters. The number of hydrogen-bond donors (Lipinski definition) is 2. The Kier molecular flexibility index (Phi) is 2.75. The highest BCUT2D eigenvalue weighted by molar-refractivity contribution is 7.91. The van der Waals surface area contributed by atoms with Crippen LogP contribution < -0.4 is 5.14 Å². The number of aryl methyl sites for hydroxylation is 1. The lowest BCUT2D eigenvalue weighted by atomic mass is 10.00. The van der Waals surface area contributed by atoms with E-state index in [-0.39, 0.29) is 4.21 Å². The fourth-order valence-corrected chi connectivity index (χ4v) is 3.22. The molecule has 1 heterocycles. The Hall–Kier alpha value is -0.430. The molecule has 0 unspecified atom stereocenters. The fraction of sp³-hybridized carbons (Fsp3) is 0.500. The summed E-state index contributed by atoms with van der Waals surface area (Å²) in [6.45, 7) is 4.97. The lowest BCUT2D eigenvalue weighted by Gasteiger charge is -2.16. The summed E-state index contributed by atoms with van der Waals surface area (Å²) < 4.78 is 22.2. The zero-order valence-electron chi connectivity index (χ0n) is 8.23. The molecule has 80 valence electrons. The Labute approximate surface area is 87.4 Å². The van der Waals surface area contributed by atoms with Crippen molar-refractivity contribution in [1.82, 2.24) is 0 Å². The zero-order valence-corrected chi connectivity index (χ0v) is 9.87. The molecule has 0 saturated carbocycles. The monoisotopic (exact) mass is 235 g/mol. The predicted molar refractivity (Wildman–Crippen MR) is 55.7 cm³/mol. The molecule has 1 aromatic rings. The highest BCUT2D eigenvalue weighted by atomic mass is 32.2. The Bertz CT molecular complexity index is 440. The highest BCUT2D eigenvalue weighted by Gasteiger charge is 2.23. The van der Waals surface area contributed by atoms with Crippen molar-refractivity contribution in [1.29, 1.82) is 0 Å². The molecule has 0 aliphatic carbocycles. The second-order valence-corrected chi connectivity index (χ2v) is 6.68. The van der Waals surface area contributed by atoms with Gasteiger partial charge in [0.05, 0.1) is 5.60 Å². The maximum absolute atomic E-state index is 11.0. The molecule has 0 radical (unpaired) electrons. The first-order chi connectivity index (χ1) is 6.12. The average Bonchev–Trinajstić information content (AvgIpc) is 2.27. The minimum atomic E-state index is -3.66. The summed E-state index contributed by atoms with van der Waals surface area (Å²) in [6.07, 6.45) is 0. The van der Waals surface area contributed by atoms with Crippen LogP contribution in [-0.4, -0.2) is 13.5 Å². The van der Waals surface area contributed by atoms with Crippen LogP contribution in [0, 0.1) is 6.92 Å². The van der Waals surface area contributed by atoms with E-state index >= 15 is 0 Å². The maximum Gasteiger partial charge on any atom is 0.247 e. The first-order valence-electron chi connectivity index (χ1n) is 3.98. The molecule has 1 aromatic heterocycles. The number of rotatable bonds is 2. The number of thiophene rings is 1. The van der Waals surface area contributed by atoms with E-state index in [1.54, 1.807) is 20.8 Å². The summed E-state index contributed by atoms with van der Waals surface area (Å²) in [5.41, 5.74) is -0.435. The van der Waals surface area contributed by atoms with Crippen LogP contribution in [0.4, 0.5) is 0 Å². The highest BCUT2D eigenvalue weighted by Crippen LogP contribution is 2.32. The van der Waals surface area contributed by atoms with Gasteiger partial charge in [0.1, 0.15) is 4.21 Å². The molecule has 3 N–H and O–H groups in total. The van der Waals surface area contributed by atoms with Crippen molar-refractivity contribution in [2.75, 3.05) is 0 Å². The van der Waals surface area contributed by atoms with Crippen molar-refractivity contribution in [2.24, 2.45) is 5.14 Å². The van der Waals surface area contributed by atoms with Gasteiger partial charge in [0, 0.05) is 4.88 Å². The molecule has 0 saturated heterocycles. The number of nitrogens with two attached hydrogens (primary N) is 1. The third-order valence-electron chi connectivity index (χ3n) is 1.83. The van der Waals surface area contributed by atoms with Gasteiger partial charge in [-0.3, -0.25) is 0 Å². The summed E-state index contributed by atoms with van der Waals surface area (Å²) in [4.78, 5) is 0.765. The van der Waals surface area contributed by atoms with Gasteiger partial charge < -0.3 is 5.11 Å². The van der Waals surface area contributed by atoms with Crippen LogP contribution in [0.3, 0.4) is 0 Å². The second kappa shape index (κ2) is 3.30. The summed E-state index contributed by atoms with van der Waals surface area (Å²) in [5, 5.41) is 14.7. The zero-order chi connectivity index (χ0) is 11.1. The number of primary sulfonamides is 1. The molecular formula is C8H13NO3S2. The molecule has 0 bridgehead atoms. The lowest BCUT2D eigenvalue weighted by molar-refractivity contribution is 0.0783. The van der Waals surface area contributed by atoms with E-state index in [9.17, 15) is 13.5 Å². The van der Waals surface area contributed by atoms with Gasteiger partial charge in [-0.2, -0.15) is 0 Å². The normalized spacial score (nSPS) is 13.2. The van der Waals surface area contributed by atoms with Crippen molar-refractivity contribution in [2.45, 2.75) is 30.6 Å². The summed E-state index contributed by atoms with van der Waals surface area (Å²) in [7, 11) is -3.66. The van der Waals surface area contributed by atoms with Crippen molar-refractivity contribution >= 4 is 21.4 Å². The van der Waals surface area contributed by atoms with Crippen LogP contribution in [0.1, 0.15) is 24.3 Å². The van der Waals surface area contributed by atoms with Gasteiger partial charge in [-0.25, -0.2) is 13.6 Å². The molecular weight excluding hydrogens is 222 g/mol. The SMILES string of the molecule is Cc1sc(S(N)(=O)=O)cc1C(C)(C)O. The summed E-state index contributed by atoms with van der Waals surface area (Å²) >= 11 is 1.08. The van der Waals surface area contributed by atoms with E-state index in [1.807, 2.05) is 0 Å². The fourth-order valence-electron chi connectivity index (χ4n) is 1.20. The lowest BCUT2D eigenvalue weighted by Crippen LogP contribution is -2.16. The van der Waals surface area contributed by atoms with E-state index in [0.29, 0.717) is 5.56 Å². The van der Waals surface area contributed by atoms with Gasteiger partial charge in [-0.15, -0.1) is 11.3 Å². The third-order valence-corrected chi connectivity index (χ3v) is 4.31. The van der Waals surface area contributed by atoms with Crippen molar-refractivity contribution in [3.63, 3.8) is 0 Å². The first-order valence-corrected chi connectivity index (χ1v) is 6.35. The van der Waals surface area contributed by atoms with Gasteiger partial charge in [-0.05, 0) is 32.4 Å². The van der Waals surface area contributed by atoms with Crippen LogP contribution in [0.15, 0.2) is 10.3 Å². The third kappa shape index (κ3) is 2.33. The van der Waals surface area contributed by atoms with E-state index in [2.05, 4.69) is 0 Å². The average molecular weight is 235 g/mol. The van der Waals surface area contributed by atoms with E-state index < -0.39 is 15.6 Å². The van der Waals surface area contributed by atoms with Gasteiger partial charge in [-0.1, -0.05) is 0 Å². The summed E-state index contributed by atoms with van der Waals surface area (Å²) in [6, 6.07) is 1.43. The second-order valence-electron chi connectivity index (χ2n) is 3.64. The van der Waals surface area contributed by atoms with Gasteiger partial charge in [0.15, 0.2) is 0 Å². The molecule has 0 fully saturated rings. The topological polar surface area (TPSA) is 80.4 Å². The smallest absolute Gasteiger partial charge is 0.247 e. The molecule has 1 rings (SSSR count). The van der Waals surface area contributed by atoms with Crippen molar-refractivity contribution in [3.05, 3.63) is 16.5 Å². The molecule has 0 spiro atoms. The number of sulfonamides is 1. The number of hydrogen-bond acceptors (Lipinski definition) is 4. The molecule has 0 aliphatic rings. The Morgan fingerprint density at radius 1 is 1.50 bits per heavy atom. The van der Waals surface area contributed by atoms with Crippen LogP contribution in [0.2, 0.25) is 0 Å². The van der Waals surface area contributed by atoms with Crippen molar-refractivity contribution < 1.29 is 13.5 Å². The number of aliphatic hydroxyl groups is 1. The minimum absolute atomic E-state index is 0.0899. The molecule has 0 amide bonds. The Morgan fingerprint density at radius 2 is 2.00 bits per heavy atom. The van der Waals surface area contributed by atoms with Crippen molar-refractivity contribution in [3.8, 4) is 0 Å². The van der Waals surface area contributed by atoms with Gasteiger partial charge in [0.25, 0.3) is 0 Å². The van der Waals surface area contributed by atoms with Gasteiger partial charge in [0.2, 0.25) is 10.0 Å². The molecule has 14 heavy (non-hydrogen) atoms. The van der Waals surface area contributed by atoms with E-state index in [4.69, 9.17) is 5.14 Å². The van der Waals surface area contributed by atoms with E-state index in [1.165, 1.54) is 6.07 Å². The standard InChI is InChI=1S/C8H13NO3S2/c1-5-6(8(2,3)10)4-7(13-5)14(9,11)12/h4,10H,1-3H3,(H2,9,11,12). The molecule has 0 aromatic carbocycles. The summed E-state index contributed by atoms with van der Waals surface area (Å²) in [5.74, 6) is 0. The van der Waals surface area contributed by atoms with Crippen LogP contribution in [0.25, 0.3) is 0 Å². The molecule has 6 heteroatoms.